The Kier molecular flexibility index (Phi) is 7.94. The van der Waals surface area contributed by atoms with Gasteiger partial charge in [-0.05, 0) is 42.9 Å². The highest BCUT2D eigenvalue weighted by molar-refractivity contribution is 6.23. The number of aliphatic hydroxyl groups is 3. The highest BCUT2D eigenvalue weighted by Gasteiger charge is 2.64. The quantitative estimate of drug-likeness (QED) is 0.217. The molecule has 0 aliphatic heterocycles. The number of fused-ring (bicyclic) bond motifs is 3. The number of rotatable bonds is 8. The van der Waals surface area contributed by atoms with Crippen molar-refractivity contribution in [1.82, 2.24) is 10.6 Å². The van der Waals surface area contributed by atoms with Gasteiger partial charge in [0, 0.05) is 49.3 Å². The second-order valence-electron chi connectivity index (χ2n) is 11.5. The number of carbonyl (C=O) groups excluding carboxylic acids is 4. The Morgan fingerprint density at radius 1 is 1.20 bits per heavy atom. The number of ketones is 2. The molecule has 0 aromatic heterocycles. The second-order valence-corrected chi connectivity index (χ2v) is 11.5. The summed E-state index contributed by atoms with van der Waals surface area (Å²) in [6.07, 6.45) is 0.231. The van der Waals surface area contributed by atoms with Crippen molar-refractivity contribution in [2.24, 2.45) is 29.4 Å². The molecule has 1 fully saturated rings. The fraction of sp³-hybridized carbons (Fsp3) is 0.517. The fourth-order valence-corrected chi connectivity index (χ4v) is 6.62. The van der Waals surface area contributed by atoms with Crippen LogP contribution < -0.4 is 21.3 Å². The highest BCUT2D eigenvalue weighted by atomic mass is 16.3. The van der Waals surface area contributed by atoms with Crippen LogP contribution >= 0.6 is 0 Å². The molecule has 1 aromatic rings. The number of Topliss-reactive ketones (excluding diaryl/α,β-unsaturated/α-hetero) is 2. The molecule has 41 heavy (non-hydrogen) atoms. The molecule has 0 saturated heterocycles. The molecule has 4 atom stereocenters. The molecule has 12 nitrogen and oxygen atoms in total. The van der Waals surface area contributed by atoms with Crippen LogP contribution in [0.4, 0.5) is 5.69 Å². The molecule has 12 heteroatoms. The fourth-order valence-electron chi connectivity index (χ4n) is 6.62. The van der Waals surface area contributed by atoms with E-state index in [4.69, 9.17) is 5.73 Å². The van der Waals surface area contributed by atoms with E-state index >= 15 is 0 Å². The summed E-state index contributed by atoms with van der Waals surface area (Å²) in [6.45, 7) is 5.92. The van der Waals surface area contributed by atoms with Gasteiger partial charge in [-0.1, -0.05) is 20.8 Å². The molecule has 0 unspecified atom stereocenters. The Bertz CT molecular complexity index is 1400. The maximum atomic E-state index is 14.0. The smallest absolute Gasteiger partial charge is 0.255 e. The van der Waals surface area contributed by atoms with E-state index in [1.807, 2.05) is 6.92 Å². The van der Waals surface area contributed by atoms with Crippen LogP contribution in [0.2, 0.25) is 0 Å². The van der Waals surface area contributed by atoms with E-state index in [-0.39, 0.29) is 48.7 Å². The van der Waals surface area contributed by atoms with Gasteiger partial charge in [-0.2, -0.15) is 0 Å². The van der Waals surface area contributed by atoms with Gasteiger partial charge in [0.2, 0.25) is 11.7 Å². The Balaban J connectivity index is 1.89. The van der Waals surface area contributed by atoms with Gasteiger partial charge in [0.25, 0.3) is 5.91 Å². The van der Waals surface area contributed by atoms with E-state index < -0.39 is 63.8 Å². The van der Waals surface area contributed by atoms with Crippen LogP contribution in [-0.4, -0.2) is 76.6 Å². The van der Waals surface area contributed by atoms with Crippen molar-refractivity contribution in [1.29, 1.82) is 0 Å². The first-order valence-corrected chi connectivity index (χ1v) is 13.7. The van der Waals surface area contributed by atoms with Gasteiger partial charge in [-0.3, -0.25) is 19.2 Å². The average Bonchev–Trinajstić information content (AvgIpc) is 2.88. The van der Waals surface area contributed by atoms with Crippen molar-refractivity contribution >= 4 is 34.8 Å². The molecular formula is C29H38N4O8. The zero-order valence-corrected chi connectivity index (χ0v) is 23.9. The van der Waals surface area contributed by atoms with E-state index in [2.05, 4.69) is 10.6 Å². The first kappa shape index (κ1) is 30.1. The molecule has 0 heterocycles. The third-order valence-electron chi connectivity index (χ3n) is 8.52. The minimum atomic E-state index is -2.66. The van der Waals surface area contributed by atoms with Gasteiger partial charge in [0.1, 0.15) is 22.8 Å². The third kappa shape index (κ3) is 4.64. The van der Waals surface area contributed by atoms with Crippen LogP contribution in [0.3, 0.4) is 0 Å². The lowest BCUT2D eigenvalue weighted by Crippen LogP contribution is -2.62. The van der Waals surface area contributed by atoms with Crippen molar-refractivity contribution in [3.05, 3.63) is 39.7 Å². The molecule has 3 aliphatic carbocycles. The normalized spacial score (nSPS) is 25.6. The Labute approximate surface area is 237 Å². The van der Waals surface area contributed by atoms with E-state index in [1.165, 1.54) is 0 Å². The van der Waals surface area contributed by atoms with Gasteiger partial charge in [0.05, 0.1) is 12.1 Å². The lowest BCUT2D eigenvalue weighted by atomic mass is 9.54. The van der Waals surface area contributed by atoms with E-state index in [1.54, 1.807) is 38.9 Å². The summed E-state index contributed by atoms with van der Waals surface area (Å²) in [5, 5.41) is 51.2. The van der Waals surface area contributed by atoms with Gasteiger partial charge in [-0.25, -0.2) is 0 Å². The summed E-state index contributed by atoms with van der Waals surface area (Å²) in [5.41, 5.74) is 3.17. The van der Waals surface area contributed by atoms with Gasteiger partial charge in [0.15, 0.2) is 11.4 Å². The summed E-state index contributed by atoms with van der Waals surface area (Å²) in [5.74, 6) is -8.47. The molecule has 3 aliphatic rings. The summed E-state index contributed by atoms with van der Waals surface area (Å²) in [7, 11) is 3.56. The predicted octanol–water partition coefficient (Wildman–Crippen LogP) is 0.598. The largest absolute Gasteiger partial charge is 0.508 e. The highest BCUT2D eigenvalue weighted by Crippen LogP contribution is 2.55. The number of hydrogen-bond acceptors (Lipinski definition) is 10. The first-order chi connectivity index (χ1) is 19.2. The molecule has 0 spiro atoms. The number of aromatic hydroxyl groups is 1. The Morgan fingerprint density at radius 3 is 2.41 bits per heavy atom. The number of aliphatic hydroxyl groups excluding tert-OH is 2. The zero-order valence-electron chi connectivity index (χ0n) is 23.9. The average molecular weight is 571 g/mol. The zero-order chi connectivity index (χ0) is 30.5. The number of hydrogen-bond donors (Lipinski definition) is 7. The number of nitrogens with one attached hydrogen (secondary N) is 2. The summed E-state index contributed by atoms with van der Waals surface area (Å²) < 4.78 is 0. The van der Waals surface area contributed by atoms with Crippen molar-refractivity contribution in [3.63, 3.8) is 0 Å². The van der Waals surface area contributed by atoms with E-state index in [0.29, 0.717) is 23.4 Å². The molecule has 2 amide bonds. The van der Waals surface area contributed by atoms with Crippen molar-refractivity contribution in [3.8, 4) is 5.75 Å². The number of nitrogens with zero attached hydrogens (tertiary/aromatic N) is 1. The third-order valence-corrected chi connectivity index (χ3v) is 8.52. The molecule has 222 valence electrons. The number of amides is 2. The Hall–Kier alpha value is -3.90. The molecule has 0 radical (unpaired) electrons. The van der Waals surface area contributed by atoms with E-state index in [0.717, 1.165) is 0 Å². The topological polar surface area (TPSA) is 203 Å². The van der Waals surface area contributed by atoms with Crippen LogP contribution in [0.25, 0.3) is 5.76 Å². The number of benzene rings is 1. The predicted molar refractivity (Wildman–Crippen MR) is 150 cm³/mol. The van der Waals surface area contributed by atoms with Crippen LogP contribution in [0.5, 0.6) is 5.75 Å². The minimum Gasteiger partial charge on any atom is -0.508 e. The van der Waals surface area contributed by atoms with E-state index in [9.17, 15) is 39.6 Å². The lowest BCUT2D eigenvalue weighted by molar-refractivity contribution is -0.155. The summed E-state index contributed by atoms with van der Waals surface area (Å²) in [6, 6.07) is 1.70. The second kappa shape index (κ2) is 10.8. The number of nitrogens with two attached hydrogens (primary N) is 1. The maximum Gasteiger partial charge on any atom is 0.255 e. The number of primary amides is 1. The number of anilines is 1. The van der Waals surface area contributed by atoms with Crippen LogP contribution in [0, 0.1) is 23.7 Å². The van der Waals surface area contributed by atoms with Crippen molar-refractivity contribution in [2.45, 2.75) is 45.8 Å². The van der Waals surface area contributed by atoms with Gasteiger partial charge < -0.3 is 41.7 Å². The van der Waals surface area contributed by atoms with Crippen LogP contribution in [-0.2, 0) is 32.1 Å². The first-order valence-electron chi connectivity index (χ1n) is 13.7. The molecule has 0 bridgehead atoms. The number of likely N-dealkylation sites (N-methyl/N-ethyl adjacent to an activating group) is 1. The van der Waals surface area contributed by atoms with Crippen molar-refractivity contribution in [2.75, 3.05) is 32.1 Å². The number of phenolic OH excluding ortho intramolecular Hbond substituents is 1. The number of phenols is 1. The van der Waals surface area contributed by atoms with Gasteiger partial charge >= 0.3 is 0 Å². The summed E-state index contributed by atoms with van der Waals surface area (Å²) in [4.78, 5) is 53.4. The maximum absolute atomic E-state index is 14.0. The van der Waals surface area contributed by atoms with Crippen LogP contribution in [0.1, 0.15) is 43.9 Å². The number of carbonyl (C=O) groups is 4. The van der Waals surface area contributed by atoms with Gasteiger partial charge in [-0.15, -0.1) is 0 Å². The molecule has 8 N–H and O–H groups in total. The summed E-state index contributed by atoms with van der Waals surface area (Å²) >= 11 is 0. The Morgan fingerprint density at radius 2 is 1.85 bits per heavy atom. The minimum absolute atomic E-state index is 0.0142. The van der Waals surface area contributed by atoms with Crippen molar-refractivity contribution < 1.29 is 39.6 Å². The molecule has 4 rings (SSSR count). The molecule has 1 saturated carbocycles. The monoisotopic (exact) mass is 570 g/mol. The molecular weight excluding hydrogens is 532 g/mol. The molecule has 1 aromatic carbocycles. The standard InChI is InChI=1S/C29H38N4O8/c1-6-31-11-18(34)32-10-14-9-17(33(4)5)15-7-13-8-16-19(12(2)3)24(36)22(28(30)40)27(39)29(16,41)26(38)20(13)25(37)21(15)23(14)35/h9,12-13,16,19,31,35,37,39,41H,6-8,10-11H2,1-5H3,(H2,30,40)(H,32,34)/t13-,16-,19-,29-/m0/s1. The SMILES string of the molecule is CCNCC(=O)NCc1cc(N(C)C)c2c(c1O)C(O)=C1C(=O)[C@]3(O)C(O)=C(C(N)=O)C(=O)[C@@H](C(C)C)[C@@H]3C[C@@H]1C2. The van der Waals surface area contributed by atoms with Crippen LogP contribution in [0.15, 0.2) is 23.0 Å². The lowest BCUT2D eigenvalue weighted by Gasteiger charge is -2.50.